The summed E-state index contributed by atoms with van der Waals surface area (Å²) in [5, 5.41) is 6.40. The first-order valence-electron chi connectivity index (χ1n) is 9.07. The lowest BCUT2D eigenvalue weighted by molar-refractivity contribution is -0.127. The van der Waals surface area contributed by atoms with E-state index in [0.717, 1.165) is 51.5 Å². The number of likely N-dealkylation sites (N-methyl/N-ethyl adjacent to an activating group) is 1. The topological polar surface area (TPSA) is 82.1 Å². The number of nitrogens with one attached hydrogen (secondary N) is 2. The van der Waals surface area contributed by atoms with Gasteiger partial charge in [0, 0.05) is 39.9 Å². The zero-order valence-electron chi connectivity index (χ0n) is 16.2. The second kappa shape index (κ2) is 13.7. The molecule has 0 atom stereocenters. The molecule has 8 nitrogen and oxygen atoms in total. The van der Waals surface area contributed by atoms with Crippen molar-refractivity contribution >= 4 is 35.8 Å². The molecule has 1 aromatic rings. The van der Waals surface area contributed by atoms with Crippen LogP contribution in [-0.4, -0.2) is 86.7 Å². The maximum Gasteiger partial charge on any atom is 0.241 e. The van der Waals surface area contributed by atoms with E-state index in [1.165, 1.54) is 0 Å². The van der Waals surface area contributed by atoms with Crippen LogP contribution in [0.4, 0.5) is 0 Å². The van der Waals surface area contributed by atoms with E-state index >= 15 is 0 Å². The number of aliphatic imine (C=N–C) groups is 1. The van der Waals surface area contributed by atoms with Crippen molar-refractivity contribution in [2.24, 2.45) is 4.99 Å². The highest BCUT2D eigenvalue weighted by Gasteiger charge is 2.10. The number of ether oxygens (including phenoxy) is 1. The summed E-state index contributed by atoms with van der Waals surface area (Å²) < 4.78 is 5.36. The number of guanidine groups is 1. The van der Waals surface area contributed by atoms with Gasteiger partial charge < -0.3 is 20.3 Å². The molecular weight excluding hydrogens is 459 g/mol. The van der Waals surface area contributed by atoms with Crippen molar-refractivity contribution in [3.05, 3.63) is 30.1 Å². The molecule has 1 amide bonds. The standard InChI is InChI=1S/C18H30N6O2.HI/c1-23(2)17(25)15-22-18(21-14-16-6-3-4-7-19-16)20-8-5-9-24-10-12-26-13-11-24;/h3-4,6-7H,5,8-15H2,1-2H3,(H2,20,21,22);1H. The Hall–Kier alpha value is -1.46. The predicted octanol–water partition coefficient (Wildman–Crippen LogP) is 0.545. The smallest absolute Gasteiger partial charge is 0.241 e. The first kappa shape index (κ1) is 23.6. The molecule has 0 aromatic carbocycles. The zero-order chi connectivity index (χ0) is 18.6. The highest BCUT2D eigenvalue weighted by atomic mass is 127. The van der Waals surface area contributed by atoms with E-state index in [9.17, 15) is 4.79 Å². The summed E-state index contributed by atoms with van der Waals surface area (Å²) in [6.07, 6.45) is 2.76. The van der Waals surface area contributed by atoms with Crippen molar-refractivity contribution in [1.29, 1.82) is 0 Å². The number of rotatable bonds is 8. The molecule has 1 fully saturated rings. The van der Waals surface area contributed by atoms with E-state index in [4.69, 9.17) is 4.74 Å². The molecule has 2 N–H and O–H groups in total. The molecule has 0 unspecified atom stereocenters. The Labute approximate surface area is 178 Å². The molecule has 27 heavy (non-hydrogen) atoms. The maximum atomic E-state index is 11.8. The van der Waals surface area contributed by atoms with E-state index in [1.807, 2.05) is 18.2 Å². The molecule has 0 aliphatic carbocycles. The average Bonchev–Trinajstić information content (AvgIpc) is 2.67. The molecule has 0 radical (unpaired) electrons. The quantitative estimate of drug-likeness (QED) is 0.240. The Morgan fingerprint density at radius 1 is 1.30 bits per heavy atom. The van der Waals surface area contributed by atoms with Crippen molar-refractivity contribution in [2.45, 2.75) is 13.0 Å². The molecule has 2 rings (SSSR count). The van der Waals surface area contributed by atoms with Gasteiger partial charge in [-0.05, 0) is 25.1 Å². The molecule has 2 heterocycles. The van der Waals surface area contributed by atoms with E-state index in [1.54, 1.807) is 25.2 Å². The Balaban J connectivity index is 0.00000364. The second-order valence-electron chi connectivity index (χ2n) is 6.36. The Morgan fingerprint density at radius 3 is 2.74 bits per heavy atom. The number of amides is 1. The number of hydrogen-bond donors (Lipinski definition) is 2. The average molecular weight is 490 g/mol. The summed E-state index contributed by atoms with van der Waals surface area (Å²) in [4.78, 5) is 24.6. The van der Waals surface area contributed by atoms with Gasteiger partial charge in [0.25, 0.3) is 0 Å². The lowest BCUT2D eigenvalue weighted by Gasteiger charge is -2.26. The van der Waals surface area contributed by atoms with Crippen LogP contribution in [0.1, 0.15) is 12.1 Å². The molecule has 152 valence electrons. The van der Waals surface area contributed by atoms with E-state index in [0.29, 0.717) is 12.5 Å². The Morgan fingerprint density at radius 2 is 2.07 bits per heavy atom. The van der Waals surface area contributed by atoms with Gasteiger partial charge >= 0.3 is 0 Å². The molecule has 0 saturated carbocycles. The van der Waals surface area contributed by atoms with Crippen LogP contribution in [0.2, 0.25) is 0 Å². The van der Waals surface area contributed by atoms with Gasteiger partial charge in [0.2, 0.25) is 5.91 Å². The minimum absolute atomic E-state index is 0. The van der Waals surface area contributed by atoms with Crippen molar-refractivity contribution in [2.75, 3.05) is 60.0 Å². The van der Waals surface area contributed by atoms with Crippen LogP contribution in [0.15, 0.2) is 29.4 Å². The fourth-order valence-corrected chi connectivity index (χ4v) is 2.48. The third-order valence-corrected chi connectivity index (χ3v) is 4.08. The largest absolute Gasteiger partial charge is 0.379 e. The Bertz CT molecular complexity index is 564. The number of nitrogens with zero attached hydrogens (tertiary/aromatic N) is 4. The number of halogens is 1. The SMILES string of the molecule is CN(C)C(=O)CNC(=NCc1ccccn1)NCCCN1CCOCC1.I. The fraction of sp³-hybridized carbons (Fsp3) is 0.611. The van der Waals surface area contributed by atoms with E-state index < -0.39 is 0 Å². The van der Waals surface area contributed by atoms with Crippen molar-refractivity contribution in [3.8, 4) is 0 Å². The van der Waals surface area contributed by atoms with Gasteiger partial charge in [-0.3, -0.25) is 14.7 Å². The predicted molar refractivity (Wildman–Crippen MR) is 117 cm³/mol. The highest BCUT2D eigenvalue weighted by molar-refractivity contribution is 14.0. The van der Waals surface area contributed by atoms with E-state index in [-0.39, 0.29) is 36.4 Å². The van der Waals surface area contributed by atoms with Crippen LogP contribution in [-0.2, 0) is 16.1 Å². The van der Waals surface area contributed by atoms with E-state index in [2.05, 4.69) is 25.5 Å². The molecule has 9 heteroatoms. The molecule has 0 spiro atoms. The molecule has 1 saturated heterocycles. The minimum atomic E-state index is 0. The minimum Gasteiger partial charge on any atom is -0.379 e. The summed E-state index contributed by atoms with van der Waals surface area (Å²) in [5.41, 5.74) is 0.890. The van der Waals surface area contributed by atoms with Gasteiger partial charge in [-0.15, -0.1) is 24.0 Å². The number of carbonyl (C=O) groups is 1. The van der Waals surface area contributed by atoms with Crippen molar-refractivity contribution in [3.63, 3.8) is 0 Å². The van der Waals surface area contributed by atoms with Crippen molar-refractivity contribution in [1.82, 2.24) is 25.4 Å². The zero-order valence-corrected chi connectivity index (χ0v) is 18.5. The lowest BCUT2D eigenvalue weighted by atomic mass is 10.3. The summed E-state index contributed by atoms with van der Waals surface area (Å²) in [7, 11) is 3.48. The molecule has 1 aliphatic heterocycles. The summed E-state index contributed by atoms with van der Waals surface area (Å²) >= 11 is 0. The monoisotopic (exact) mass is 490 g/mol. The normalized spacial score (nSPS) is 15.0. The van der Waals surface area contributed by atoms with Gasteiger partial charge in [0.05, 0.1) is 32.0 Å². The van der Waals surface area contributed by atoms with Crippen LogP contribution in [0, 0.1) is 0 Å². The van der Waals surface area contributed by atoms with Gasteiger partial charge in [-0.1, -0.05) is 6.07 Å². The number of aromatic nitrogens is 1. The van der Waals surface area contributed by atoms with Crippen molar-refractivity contribution < 1.29 is 9.53 Å². The first-order chi connectivity index (χ1) is 12.6. The van der Waals surface area contributed by atoms with Gasteiger partial charge in [0.1, 0.15) is 0 Å². The maximum absolute atomic E-state index is 11.8. The molecular formula is C18H31IN6O2. The molecule has 1 aromatic heterocycles. The number of hydrogen-bond acceptors (Lipinski definition) is 5. The number of carbonyl (C=O) groups excluding carboxylic acids is 1. The van der Waals surface area contributed by atoms with Gasteiger partial charge in [0.15, 0.2) is 5.96 Å². The van der Waals surface area contributed by atoms with Crippen LogP contribution >= 0.6 is 24.0 Å². The fourth-order valence-electron chi connectivity index (χ4n) is 2.48. The van der Waals surface area contributed by atoms with Crippen LogP contribution in [0.5, 0.6) is 0 Å². The van der Waals surface area contributed by atoms with Crippen LogP contribution in [0.25, 0.3) is 0 Å². The number of pyridine rings is 1. The summed E-state index contributed by atoms with van der Waals surface area (Å²) in [6.45, 7) is 6.13. The third kappa shape index (κ3) is 9.87. The van der Waals surface area contributed by atoms with Gasteiger partial charge in [-0.25, -0.2) is 4.99 Å². The Kier molecular flexibility index (Phi) is 11.9. The third-order valence-electron chi connectivity index (χ3n) is 4.08. The van der Waals surface area contributed by atoms with Crippen LogP contribution in [0.3, 0.4) is 0 Å². The highest BCUT2D eigenvalue weighted by Crippen LogP contribution is 1.98. The molecule has 0 bridgehead atoms. The first-order valence-corrected chi connectivity index (χ1v) is 9.07. The van der Waals surface area contributed by atoms with Gasteiger partial charge in [-0.2, -0.15) is 0 Å². The summed E-state index contributed by atoms with van der Waals surface area (Å²) in [5.74, 6) is 0.637. The second-order valence-corrected chi connectivity index (χ2v) is 6.36. The summed E-state index contributed by atoms with van der Waals surface area (Å²) in [6, 6.07) is 5.76. The lowest BCUT2D eigenvalue weighted by Crippen LogP contribution is -2.44. The molecule has 1 aliphatic rings. The number of morpholine rings is 1. The van der Waals surface area contributed by atoms with Crippen LogP contribution < -0.4 is 10.6 Å².